The van der Waals surface area contributed by atoms with E-state index in [0.717, 1.165) is 10.7 Å². The Kier molecular flexibility index (Phi) is 7.70. The fourth-order valence-corrected chi connectivity index (χ4v) is 1.70. The Morgan fingerprint density at radius 1 is 1.10 bits per heavy atom. The molecule has 1 aromatic carbocycles. The van der Waals surface area contributed by atoms with Crippen LogP contribution < -0.4 is 5.46 Å². The molecule has 116 valence electrons. The van der Waals surface area contributed by atoms with E-state index < -0.39 is 17.7 Å². The van der Waals surface area contributed by atoms with Crippen molar-refractivity contribution < 1.29 is 17.5 Å². The molecule has 0 N–H and O–H groups in total. The minimum atomic E-state index is -4.47. The first kappa shape index (κ1) is 19.7. The van der Waals surface area contributed by atoms with Gasteiger partial charge in [0.25, 0.3) is 0 Å². The topological polar surface area (TPSA) is 17.8 Å². The fourth-order valence-electron chi connectivity index (χ4n) is 1.39. The summed E-state index contributed by atoms with van der Waals surface area (Å²) < 4.78 is 51.0. The second kappa shape index (κ2) is 8.21. The molecule has 0 saturated heterocycles. The van der Waals surface area contributed by atoms with Crippen molar-refractivity contribution in [3.63, 3.8) is 0 Å². The zero-order valence-electron chi connectivity index (χ0n) is 10.8. The van der Waals surface area contributed by atoms with Crippen LogP contribution in [0.3, 0.4) is 0 Å². The normalized spacial score (nSPS) is 10.2. The van der Waals surface area contributed by atoms with Crippen molar-refractivity contribution in [2.45, 2.75) is 27.5 Å². The molecule has 0 fully saturated rings. The molecule has 1 aromatic heterocycles. The highest BCUT2D eigenvalue weighted by Crippen LogP contribution is 2.27. The van der Waals surface area contributed by atoms with Gasteiger partial charge in [-0.3, -0.25) is 0 Å². The lowest BCUT2D eigenvalue weighted by molar-refractivity contribution is -0.141. The predicted octanol–water partition coefficient (Wildman–Crippen LogP) is 4.61. The molecule has 0 unspecified atom stereocenters. The Hall–Kier alpha value is -1.31. The van der Waals surface area contributed by atoms with Gasteiger partial charge in [-0.05, 0) is 23.7 Å². The SMILES string of the molecule is C.CC.FB(Br)c1ccc(-n2ccc(C(F)(F)F)n2)cc1. The third kappa shape index (κ3) is 5.19. The average Bonchev–Trinajstić information content (AvgIpc) is 2.91. The van der Waals surface area contributed by atoms with E-state index in [4.69, 9.17) is 0 Å². The van der Waals surface area contributed by atoms with E-state index in [0.29, 0.717) is 11.2 Å². The third-order valence-electron chi connectivity index (χ3n) is 2.29. The van der Waals surface area contributed by atoms with Gasteiger partial charge in [0.2, 0.25) is 0 Å². The molecule has 0 spiro atoms. The maximum atomic E-state index is 12.9. The average molecular weight is 367 g/mol. The van der Waals surface area contributed by atoms with Crippen LogP contribution in [0.25, 0.3) is 5.69 Å². The van der Waals surface area contributed by atoms with Gasteiger partial charge in [-0.15, -0.1) is 15.8 Å². The first-order chi connectivity index (χ1) is 9.38. The second-order valence-electron chi connectivity index (χ2n) is 3.54. The summed E-state index contributed by atoms with van der Waals surface area (Å²) in [5, 5.41) is 3.41. The van der Waals surface area contributed by atoms with Crippen LogP contribution in [0.5, 0.6) is 0 Å². The molecule has 0 saturated carbocycles. The molecule has 2 aromatic rings. The van der Waals surface area contributed by atoms with Crippen molar-refractivity contribution in [3.8, 4) is 5.69 Å². The molecular weight excluding hydrogens is 351 g/mol. The lowest BCUT2D eigenvalue weighted by atomic mass is 9.91. The van der Waals surface area contributed by atoms with Crippen molar-refractivity contribution in [3.05, 3.63) is 42.2 Å². The van der Waals surface area contributed by atoms with Gasteiger partial charge in [0.1, 0.15) is 0 Å². The van der Waals surface area contributed by atoms with Gasteiger partial charge >= 0.3 is 12.0 Å². The Morgan fingerprint density at radius 3 is 2.00 bits per heavy atom. The van der Waals surface area contributed by atoms with Gasteiger partial charge in [-0.25, -0.2) is 4.68 Å². The summed E-state index contributed by atoms with van der Waals surface area (Å²) in [6, 6.07) is 6.83. The largest absolute Gasteiger partial charge is 0.453 e. The summed E-state index contributed by atoms with van der Waals surface area (Å²) in [4.78, 5) is 0. The van der Waals surface area contributed by atoms with Crippen LogP contribution in [0.15, 0.2) is 36.5 Å². The maximum Gasteiger partial charge on any atom is 0.453 e. The maximum absolute atomic E-state index is 12.9. The van der Waals surface area contributed by atoms with E-state index >= 15 is 0 Å². The number of hydrogen-bond donors (Lipinski definition) is 0. The quantitative estimate of drug-likeness (QED) is 0.560. The fraction of sp³-hybridized carbons (Fsp3) is 0.308. The van der Waals surface area contributed by atoms with Gasteiger partial charge in [0.15, 0.2) is 5.69 Å². The number of benzene rings is 1. The Balaban J connectivity index is 0.00000128. The predicted molar refractivity (Wildman–Crippen MR) is 82.1 cm³/mol. The van der Waals surface area contributed by atoms with Crippen LogP contribution in [-0.2, 0) is 6.18 Å². The van der Waals surface area contributed by atoms with Crippen molar-refractivity contribution in [1.29, 1.82) is 0 Å². The van der Waals surface area contributed by atoms with E-state index in [-0.39, 0.29) is 7.43 Å². The van der Waals surface area contributed by atoms with Crippen LogP contribution in [0.2, 0.25) is 0 Å². The molecule has 0 amide bonds. The minimum absolute atomic E-state index is 0. The van der Waals surface area contributed by atoms with Gasteiger partial charge in [-0.1, -0.05) is 33.4 Å². The van der Waals surface area contributed by atoms with Crippen LogP contribution in [-0.4, -0.2) is 15.6 Å². The Labute approximate surface area is 130 Å². The molecule has 1 heterocycles. The van der Waals surface area contributed by atoms with Crippen LogP contribution >= 0.6 is 15.8 Å². The van der Waals surface area contributed by atoms with Crippen molar-refractivity contribution in [1.82, 2.24) is 9.78 Å². The van der Waals surface area contributed by atoms with Crippen LogP contribution in [0.4, 0.5) is 17.5 Å². The monoisotopic (exact) mass is 366 g/mol. The Morgan fingerprint density at radius 2 is 1.62 bits per heavy atom. The summed E-state index contributed by atoms with van der Waals surface area (Å²) in [5.74, 6) is -1.30. The van der Waals surface area contributed by atoms with Crippen LogP contribution in [0.1, 0.15) is 27.0 Å². The van der Waals surface area contributed by atoms with E-state index in [1.807, 2.05) is 13.8 Å². The molecule has 8 heteroatoms. The molecule has 2 nitrogen and oxygen atoms in total. The molecule has 2 rings (SSSR count). The highest BCUT2D eigenvalue weighted by molar-refractivity contribution is 9.24. The lowest BCUT2D eigenvalue weighted by Gasteiger charge is -2.04. The summed E-state index contributed by atoms with van der Waals surface area (Å²) in [6.07, 6.45) is -3.26. The van der Waals surface area contributed by atoms with Crippen LogP contribution in [0, 0.1) is 0 Å². The molecule has 0 radical (unpaired) electrons. The zero-order chi connectivity index (χ0) is 15.3. The van der Waals surface area contributed by atoms with E-state index in [2.05, 4.69) is 20.9 Å². The van der Waals surface area contributed by atoms with Gasteiger partial charge in [0, 0.05) is 6.20 Å². The number of aromatic nitrogens is 2. The molecule has 0 atom stereocenters. The number of hydrogen-bond acceptors (Lipinski definition) is 1. The molecule has 21 heavy (non-hydrogen) atoms. The van der Waals surface area contributed by atoms with E-state index in [9.17, 15) is 17.5 Å². The molecule has 0 aliphatic rings. The van der Waals surface area contributed by atoms with Crippen molar-refractivity contribution in [2.24, 2.45) is 0 Å². The number of halogens is 5. The van der Waals surface area contributed by atoms with E-state index in [1.165, 1.54) is 30.5 Å². The Bertz CT molecular complexity index is 538. The third-order valence-corrected chi connectivity index (χ3v) is 2.82. The second-order valence-corrected chi connectivity index (χ2v) is 4.34. The van der Waals surface area contributed by atoms with Gasteiger partial charge in [0.05, 0.1) is 5.69 Å². The molecule has 0 bridgehead atoms. The number of nitrogens with zero attached hydrogens (tertiary/aromatic N) is 2. The molecular formula is C13H16BBrF4N2. The van der Waals surface area contributed by atoms with Gasteiger partial charge in [-0.2, -0.15) is 18.3 Å². The van der Waals surface area contributed by atoms with E-state index in [1.54, 1.807) is 0 Å². The summed E-state index contributed by atoms with van der Waals surface area (Å²) in [6.45, 7) is 4.00. The lowest BCUT2D eigenvalue weighted by Crippen LogP contribution is -2.18. The molecule has 0 aliphatic heterocycles. The summed E-state index contributed by atoms with van der Waals surface area (Å²) in [7, 11) is 0. The first-order valence-electron chi connectivity index (χ1n) is 5.89. The smallest absolute Gasteiger partial charge is 0.312 e. The number of alkyl halides is 3. The van der Waals surface area contributed by atoms with Gasteiger partial charge < -0.3 is 4.32 Å². The van der Waals surface area contributed by atoms with Crippen molar-refractivity contribution >= 4 is 27.0 Å². The number of rotatable bonds is 2. The summed E-state index contributed by atoms with van der Waals surface area (Å²) in [5.41, 5.74) is -0.139. The highest BCUT2D eigenvalue weighted by atomic mass is 79.9. The minimum Gasteiger partial charge on any atom is -0.312 e. The van der Waals surface area contributed by atoms with Crippen molar-refractivity contribution in [2.75, 3.05) is 0 Å². The zero-order valence-corrected chi connectivity index (χ0v) is 12.4. The molecule has 0 aliphatic carbocycles. The standard InChI is InChI=1S/C10H6BBrF4N2.C2H6.CH4/c12-11(16)7-1-3-8(4-2-7)18-6-5-9(17-18)10(13,14)15;1-2;/h1-6H;1-2H3;1H4. The first-order valence-corrected chi connectivity index (χ1v) is 6.81. The summed E-state index contributed by atoms with van der Waals surface area (Å²) >= 11 is 2.76. The highest BCUT2D eigenvalue weighted by Gasteiger charge is 2.33.